The van der Waals surface area contributed by atoms with Crippen molar-refractivity contribution in [3.8, 4) is 11.5 Å². The van der Waals surface area contributed by atoms with E-state index in [4.69, 9.17) is 4.74 Å². The Morgan fingerprint density at radius 1 is 0.723 bits per heavy atom. The van der Waals surface area contributed by atoms with Crippen LogP contribution >= 0.6 is 0 Å². The molecule has 3 aromatic carbocycles. The number of para-hydroxylation sites is 1. The minimum absolute atomic E-state index is 0.0439. The molecule has 248 valence electrons. The summed E-state index contributed by atoms with van der Waals surface area (Å²) in [7, 11) is 0. The third-order valence-electron chi connectivity index (χ3n) is 8.14. The molecule has 10 nitrogen and oxygen atoms in total. The number of hydrogen-bond donors (Lipinski definition) is 4. The molecule has 3 aromatic rings. The van der Waals surface area contributed by atoms with Crippen LogP contribution in [0.5, 0.6) is 11.5 Å². The summed E-state index contributed by atoms with van der Waals surface area (Å²) in [5, 5.41) is 11.0. The minimum Gasteiger partial charge on any atom is -0.457 e. The van der Waals surface area contributed by atoms with Gasteiger partial charge in [-0.15, -0.1) is 0 Å². The standard InChI is InChI=1S/C37H44N4O6/c1-24(2)32(33(42)37(46)39-28-17-9-5-10-18-28)41-34(43)25(3)38-36(45)31(22-26-14-7-4-8-15-26)40-35(44)27-16-13-21-30(23-27)47-29-19-11-6-12-20-29/h4,6-8,11-16,19-21,23-25,28,31-32H,5,9-10,17-18,22H2,1-3H3,(H,38,45)(H,39,46)(H,40,44)(H,41,43)/t25-,31+,32-/m0/s1. The number of hydrogen-bond acceptors (Lipinski definition) is 6. The molecule has 3 atom stereocenters. The molecule has 1 fully saturated rings. The normalized spacial score (nSPS) is 15.1. The molecule has 0 aliphatic heterocycles. The molecule has 0 bridgehead atoms. The van der Waals surface area contributed by atoms with Crippen molar-refractivity contribution in [2.75, 3.05) is 0 Å². The Morgan fingerprint density at radius 2 is 1.36 bits per heavy atom. The Bertz CT molecular complexity index is 1520. The van der Waals surface area contributed by atoms with Gasteiger partial charge in [-0.25, -0.2) is 0 Å². The van der Waals surface area contributed by atoms with E-state index in [1.807, 2.05) is 48.5 Å². The van der Waals surface area contributed by atoms with Crippen molar-refractivity contribution in [1.82, 2.24) is 21.3 Å². The average Bonchev–Trinajstić information content (AvgIpc) is 3.07. The summed E-state index contributed by atoms with van der Waals surface area (Å²) >= 11 is 0. The number of ketones is 1. The smallest absolute Gasteiger partial charge is 0.289 e. The molecule has 0 radical (unpaired) electrons. The van der Waals surface area contributed by atoms with Crippen LogP contribution in [0.4, 0.5) is 0 Å². The van der Waals surface area contributed by atoms with Crippen molar-refractivity contribution in [3.05, 3.63) is 96.1 Å². The molecule has 0 aromatic heterocycles. The fourth-order valence-corrected chi connectivity index (χ4v) is 5.46. The van der Waals surface area contributed by atoms with Gasteiger partial charge in [-0.2, -0.15) is 0 Å². The molecule has 0 heterocycles. The van der Waals surface area contributed by atoms with Crippen molar-refractivity contribution < 1.29 is 28.7 Å². The van der Waals surface area contributed by atoms with E-state index in [1.165, 1.54) is 6.92 Å². The first-order valence-corrected chi connectivity index (χ1v) is 16.2. The molecule has 4 rings (SSSR count). The number of carbonyl (C=O) groups is 5. The van der Waals surface area contributed by atoms with Crippen LogP contribution in [0.25, 0.3) is 0 Å². The molecule has 47 heavy (non-hydrogen) atoms. The van der Waals surface area contributed by atoms with Crippen LogP contribution in [0.15, 0.2) is 84.9 Å². The van der Waals surface area contributed by atoms with Gasteiger partial charge < -0.3 is 26.0 Å². The summed E-state index contributed by atoms with van der Waals surface area (Å²) in [6.07, 6.45) is 4.94. The van der Waals surface area contributed by atoms with Crippen LogP contribution in [0, 0.1) is 5.92 Å². The van der Waals surface area contributed by atoms with E-state index in [2.05, 4.69) is 21.3 Å². The third kappa shape index (κ3) is 10.5. The molecular formula is C37H44N4O6. The molecule has 1 aliphatic rings. The van der Waals surface area contributed by atoms with E-state index in [0.717, 1.165) is 37.7 Å². The van der Waals surface area contributed by atoms with Crippen molar-refractivity contribution in [2.24, 2.45) is 5.92 Å². The largest absolute Gasteiger partial charge is 0.457 e. The fraction of sp³-hybridized carbons (Fsp3) is 0.378. The Morgan fingerprint density at radius 3 is 2.02 bits per heavy atom. The van der Waals surface area contributed by atoms with Crippen molar-refractivity contribution in [2.45, 2.75) is 83.5 Å². The predicted octanol–water partition coefficient (Wildman–Crippen LogP) is 4.48. The van der Waals surface area contributed by atoms with E-state index in [1.54, 1.807) is 50.2 Å². The number of Topliss-reactive ketones (excluding diaryl/α,β-unsaturated/α-hetero) is 1. The van der Waals surface area contributed by atoms with Gasteiger partial charge in [0.25, 0.3) is 11.8 Å². The second kappa shape index (κ2) is 17.1. The van der Waals surface area contributed by atoms with E-state index < -0.39 is 47.5 Å². The lowest BCUT2D eigenvalue weighted by Crippen LogP contribution is -2.57. The molecule has 4 amide bonds. The summed E-state index contributed by atoms with van der Waals surface area (Å²) in [5.74, 6) is -2.41. The van der Waals surface area contributed by atoms with Gasteiger partial charge >= 0.3 is 0 Å². The summed E-state index contributed by atoms with van der Waals surface area (Å²) < 4.78 is 5.86. The zero-order valence-corrected chi connectivity index (χ0v) is 27.2. The second-order valence-electron chi connectivity index (χ2n) is 12.3. The Kier molecular flexibility index (Phi) is 12.7. The number of rotatable bonds is 14. The maximum absolute atomic E-state index is 13.6. The Hall–Kier alpha value is -4.99. The summed E-state index contributed by atoms with van der Waals surface area (Å²) in [4.78, 5) is 66.0. The molecule has 0 spiro atoms. The van der Waals surface area contributed by atoms with Crippen molar-refractivity contribution in [3.63, 3.8) is 0 Å². The van der Waals surface area contributed by atoms with Crippen molar-refractivity contribution in [1.29, 1.82) is 0 Å². The third-order valence-corrected chi connectivity index (χ3v) is 8.14. The number of ether oxygens (including phenoxy) is 1. The maximum Gasteiger partial charge on any atom is 0.289 e. The van der Waals surface area contributed by atoms with Gasteiger partial charge in [-0.05, 0) is 61.6 Å². The zero-order chi connectivity index (χ0) is 33.8. The lowest BCUT2D eigenvalue weighted by Gasteiger charge is -2.26. The van der Waals surface area contributed by atoms with Gasteiger partial charge in [0, 0.05) is 18.0 Å². The highest BCUT2D eigenvalue weighted by molar-refractivity contribution is 6.38. The van der Waals surface area contributed by atoms with Crippen molar-refractivity contribution >= 4 is 29.4 Å². The topological polar surface area (TPSA) is 143 Å². The van der Waals surface area contributed by atoms with E-state index in [0.29, 0.717) is 17.1 Å². The molecule has 4 N–H and O–H groups in total. The molecule has 1 aliphatic carbocycles. The van der Waals surface area contributed by atoms with Gasteiger partial charge in [-0.1, -0.05) is 87.7 Å². The van der Waals surface area contributed by atoms with E-state index >= 15 is 0 Å². The average molecular weight is 641 g/mol. The van der Waals surface area contributed by atoms with Crippen LogP contribution < -0.4 is 26.0 Å². The highest BCUT2D eigenvalue weighted by atomic mass is 16.5. The van der Waals surface area contributed by atoms with Gasteiger partial charge in [-0.3, -0.25) is 24.0 Å². The van der Waals surface area contributed by atoms with Crippen LogP contribution in [-0.4, -0.2) is 53.6 Å². The second-order valence-corrected chi connectivity index (χ2v) is 12.3. The van der Waals surface area contributed by atoms with E-state index in [9.17, 15) is 24.0 Å². The first-order chi connectivity index (χ1) is 22.6. The van der Waals surface area contributed by atoms with E-state index in [-0.39, 0.29) is 18.4 Å². The van der Waals surface area contributed by atoms with Crippen LogP contribution in [-0.2, 0) is 25.6 Å². The highest BCUT2D eigenvalue weighted by Gasteiger charge is 2.33. The molecule has 0 unspecified atom stereocenters. The molecule has 10 heteroatoms. The molecule has 0 saturated heterocycles. The van der Waals surface area contributed by atoms with Gasteiger partial charge in [0.05, 0.1) is 6.04 Å². The summed E-state index contributed by atoms with van der Waals surface area (Å²) in [6, 6.07) is 21.8. The minimum atomic E-state index is -1.06. The fourth-order valence-electron chi connectivity index (χ4n) is 5.46. The van der Waals surface area contributed by atoms with Gasteiger partial charge in [0.15, 0.2) is 0 Å². The number of nitrogens with one attached hydrogen (secondary N) is 4. The molecule has 1 saturated carbocycles. The maximum atomic E-state index is 13.6. The highest BCUT2D eigenvalue weighted by Crippen LogP contribution is 2.22. The van der Waals surface area contributed by atoms with Crippen LogP contribution in [0.3, 0.4) is 0 Å². The monoisotopic (exact) mass is 640 g/mol. The molecular weight excluding hydrogens is 596 g/mol. The number of amides is 4. The quantitative estimate of drug-likeness (QED) is 0.192. The number of benzene rings is 3. The summed E-state index contributed by atoms with van der Waals surface area (Å²) in [6.45, 7) is 4.97. The Labute approximate surface area is 276 Å². The lowest BCUT2D eigenvalue weighted by atomic mass is 9.94. The summed E-state index contributed by atoms with van der Waals surface area (Å²) in [5.41, 5.74) is 1.10. The Balaban J connectivity index is 1.41. The zero-order valence-electron chi connectivity index (χ0n) is 27.2. The SMILES string of the molecule is CC(C)[C@H](NC(=O)[C@H](C)NC(=O)[C@@H](Cc1ccccc1)NC(=O)c1cccc(Oc2ccccc2)c1)C(=O)C(=O)NC1CCCCC1. The van der Waals surface area contributed by atoms with Gasteiger partial charge in [0.2, 0.25) is 17.6 Å². The number of carbonyl (C=O) groups excluding carboxylic acids is 5. The lowest BCUT2D eigenvalue weighted by molar-refractivity contribution is -0.141. The first kappa shape index (κ1) is 34.9. The predicted molar refractivity (Wildman–Crippen MR) is 179 cm³/mol. The van der Waals surface area contributed by atoms with Crippen LogP contribution in [0.1, 0.15) is 68.8 Å². The van der Waals surface area contributed by atoms with Gasteiger partial charge in [0.1, 0.15) is 23.6 Å². The first-order valence-electron chi connectivity index (χ1n) is 16.2. The van der Waals surface area contributed by atoms with Crippen LogP contribution in [0.2, 0.25) is 0 Å².